The van der Waals surface area contributed by atoms with Crippen molar-refractivity contribution in [2.75, 3.05) is 32.1 Å². The summed E-state index contributed by atoms with van der Waals surface area (Å²) in [6.07, 6.45) is 2.38. The number of anilines is 1. The highest BCUT2D eigenvalue weighted by Crippen LogP contribution is 2.28. The van der Waals surface area contributed by atoms with Crippen LogP contribution in [0.1, 0.15) is 39.3 Å². The van der Waals surface area contributed by atoms with Crippen LogP contribution in [0.5, 0.6) is 5.75 Å². The van der Waals surface area contributed by atoms with Gasteiger partial charge in [0.05, 0.1) is 12.6 Å². The molecule has 132 valence electrons. The number of methoxy groups -OCH3 is 1. The lowest BCUT2D eigenvalue weighted by molar-refractivity contribution is 0.295. The molecule has 2 aromatic rings. The average Bonchev–Trinajstić information content (AvgIpc) is 2.58. The largest absolute Gasteiger partial charge is 0.496 e. The lowest BCUT2D eigenvalue weighted by Crippen LogP contribution is -2.25. The predicted molar refractivity (Wildman–Crippen MR) is 103 cm³/mol. The Hall–Kier alpha value is -1.81. The Morgan fingerprint density at radius 2 is 1.96 bits per heavy atom. The van der Waals surface area contributed by atoms with E-state index < -0.39 is 0 Å². The molecule has 1 N–H and O–H groups in total. The van der Waals surface area contributed by atoms with Gasteiger partial charge in [-0.15, -0.1) is 0 Å². The van der Waals surface area contributed by atoms with Crippen LogP contribution < -0.4 is 10.1 Å². The highest BCUT2D eigenvalue weighted by atomic mass is 16.5. The highest BCUT2D eigenvalue weighted by molar-refractivity contribution is 5.88. The average molecular weight is 329 g/mol. The minimum atomic E-state index is 0.447. The molecule has 4 heteroatoms. The zero-order chi connectivity index (χ0) is 17.5. The number of aryl methyl sites for hydroxylation is 1. The lowest BCUT2D eigenvalue weighted by atomic mass is 10.1. The van der Waals surface area contributed by atoms with E-state index in [-0.39, 0.29) is 0 Å². The summed E-state index contributed by atoms with van der Waals surface area (Å²) < 4.78 is 5.51. The van der Waals surface area contributed by atoms with E-state index >= 15 is 0 Å². The molecule has 1 unspecified atom stereocenters. The van der Waals surface area contributed by atoms with Gasteiger partial charge in [-0.1, -0.05) is 13.8 Å². The van der Waals surface area contributed by atoms with Crippen LogP contribution >= 0.6 is 0 Å². The smallest absolute Gasteiger partial charge is 0.130 e. The van der Waals surface area contributed by atoms with Gasteiger partial charge in [0.1, 0.15) is 5.75 Å². The van der Waals surface area contributed by atoms with Gasteiger partial charge in [0.2, 0.25) is 0 Å². The number of nitrogens with zero attached hydrogens (tertiary/aromatic N) is 2. The van der Waals surface area contributed by atoms with E-state index in [0.717, 1.165) is 47.5 Å². The number of fused-ring (bicyclic) bond motifs is 1. The number of rotatable bonds is 9. The van der Waals surface area contributed by atoms with Crippen molar-refractivity contribution in [3.63, 3.8) is 0 Å². The van der Waals surface area contributed by atoms with E-state index in [1.54, 1.807) is 7.11 Å². The molecule has 0 amide bonds. The van der Waals surface area contributed by atoms with Crippen molar-refractivity contribution in [3.05, 3.63) is 30.0 Å². The third-order valence-electron chi connectivity index (χ3n) is 4.54. The zero-order valence-electron chi connectivity index (χ0n) is 15.7. The topological polar surface area (TPSA) is 37.4 Å². The second-order valence-corrected chi connectivity index (χ2v) is 6.41. The van der Waals surface area contributed by atoms with E-state index in [1.807, 2.05) is 13.0 Å². The molecule has 0 saturated carbocycles. The Morgan fingerprint density at radius 1 is 1.21 bits per heavy atom. The van der Waals surface area contributed by atoms with Gasteiger partial charge in [0.25, 0.3) is 0 Å². The molecule has 0 aliphatic rings. The summed E-state index contributed by atoms with van der Waals surface area (Å²) in [6.45, 7) is 12.1. The third kappa shape index (κ3) is 4.84. The number of pyridine rings is 1. The summed E-state index contributed by atoms with van der Waals surface area (Å²) in [5.41, 5.74) is 3.08. The van der Waals surface area contributed by atoms with Gasteiger partial charge in [-0.3, -0.25) is 4.98 Å². The maximum absolute atomic E-state index is 5.51. The van der Waals surface area contributed by atoms with E-state index in [4.69, 9.17) is 4.74 Å². The van der Waals surface area contributed by atoms with Crippen LogP contribution in [0.4, 0.5) is 5.69 Å². The predicted octanol–water partition coefficient (Wildman–Crippen LogP) is 4.47. The molecule has 0 spiro atoms. The van der Waals surface area contributed by atoms with Gasteiger partial charge in [0, 0.05) is 28.9 Å². The number of aromatic nitrogens is 1. The Kier molecular flexibility index (Phi) is 6.85. The van der Waals surface area contributed by atoms with Crippen molar-refractivity contribution in [1.82, 2.24) is 9.88 Å². The van der Waals surface area contributed by atoms with Crippen molar-refractivity contribution in [2.24, 2.45) is 0 Å². The second-order valence-electron chi connectivity index (χ2n) is 6.41. The van der Waals surface area contributed by atoms with Crippen LogP contribution in [-0.2, 0) is 0 Å². The summed E-state index contributed by atoms with van der Waals surface area (Å²) in [5.74, 6) is 0.885. The van der Waals surface area contributed by atoms with Crippen molar-refractivity contribution < 1.29 is 4.74 Å². The molecule has 1 heterocycles. The van der Waals surface area contributed by atoms with Crippen molar-refractivity contribution in [3.8, 4) is 5.75 Å². The van der Waals surface area contributed by atoms with Gasteiger partial charge >= 0.3 is 0 Å². The number of benzene rings is 1. The first-order valence-corrected chi connectivity index (χ1v) is 9.01. The normalized spacial score (nSPS) is 12.6. The fourth-order valence-electron chi connectivity index (χ4n) is 3.10. The number of nitrogens with one attached hydrogen (secondary N) is 1. The molecule has 0 fully saturated rings. The van der Waals surface area contributed by atoms with Crippen LogP contribution in [0.15, 0.2) is 24.3 Å². The maximum atomic E-state index is 5.51. The molecule has 4 nitrogen and oxygen atoms in total. The minimum Gasteiger partial charge on any atom is -0.496 e. The molecule has 0 radical (unpaired) electrons. The van der Waals surface area contributed by atoms with Gasteiger partial charge in [-0.25, -0.2) is 0 Å². The molecule has 1 aromatic heterocycles. The molecule has 0 aliphatic heterocycles. The van der Waals surface area contributed by atoms with E-state index in [9.17, 15) is 0 Å². The van der Waals surface area contributed by atoms with Crippen LogP contribution in [0.2, 0.25) is 0 Å². The Balaban J connectivity index is 2.00. The van der Waals surface area contributed by atoms with Crippen LogP contribution in [0.25, 0.3) is 10.9 Å². The molecule has 0 bridgehead atoms. The summed E-state index contributed by atoms with van der Waals surface area (Å²) >= 11 is 0. The number of ether oxygens (including phenoxy) is 1. The zero-order valence-corrected chi connectivity index (χ0v) is 15.7. The number of hydrogen-bond donors (Lipinski definition) is 1. The van der Waals surface area contributed by atoms with Crippen molar-refractivity contribution >= 4 is 16.6 Å². The molecule has 1 aromatic carbocycles. The first kappa shape index (κ1) is 18.5. The summed E-state index contributed by atoms with van der Waals surface area (Å²) in [6, 6.07) is 8.74. The van der Waals surface area contributed by atoms with Gasteiger partial charge in [-0.05, 0) is 64.5 Å². The minimum absolute atomic E-state index is 0.447. The Bertz CT molecular complexity index is 653. The monoisotopic (exact) mass is 329 g/mol. The number of hydrogen-bond acceptors (Lipinski definition) is 4. The molecule has 2 rings (SSSR count). The fraction of sp³-hybridized carbons (Fsp3) is 0.550. The van der Waals surface area contributed by atoms with Crippen LogP contribution in [0.3, 0.4) is 0 Å². The highest BCUT2D eigenvalue weighted by Gasteiger charge is 2.08. The quantitative estimate of drug-likeness (QED) is 0.736. The maximum Gasteiger partial charge on any atom is 0.130 e. The van der Waals surface area contributed by atoms with Gasteiger partial charge < -0.3 is 15.0 Å². The SMILES string of the molecule is CCN(CC)CCCC(C)Nc1ccc2nc(C)cc(OC)c2c1. The summed E-state index contributed by atoms with van der Waals surface area (Å²) in [4.78, 5) is 7.05. The van der Waals surface area contributed by atoms with E-state index in [2.05, 4.69) is 54.2 Å². The Morgan fingerprint density at radius 3 is 2.62 bits per heavy atom. The lowest BCUT2D eigenvalue weighted by Gasteiger charge is -2.20. The molecule has 1 atom stereocenters. The molecular formula is C20H31N3O. The van der Waals surface area contributed by atoms with E-state index in [1.165, 1.54) is 13.0 Å². The molecule has 0 saturated heterocycles. The fourth-order valence-corrected chi connectivity index (χ4v) is 3.10. The van der Waals surface area contributed by atoms with Crippen LogP contribution in [0, 0.1) is 6.92 Å². The Labute approximate surface area is 146 Å². The first-order chi connectivity index (χ1) is 11.6. The van der Waals surface area contributed by atoms with Crippen molar-refractivity contribution in [1.29, 1.82) is 0 Å². The van der Waals surface area contributed by atoms with E-state index in [0.29, 0.717) is 6.04 Å². The molecular weight excluding hydrogens is 298 g/mol. The molecule has 24 heavy (non-hydrogen) atoms. The summed E-state index contributed by atoms with van der Waals surface area (Å²) in [7, 11) is 1.71. The summed E-state index contributed by atoms with van der Waals surface area (Å²) in [5, 5.41) is 4.67. The molecule has 0 aliphatic carbocycles. The standard InChI is InChI=1S/C20H31N3O/c1-6-23(7-2)12-8-9-15(3)21-17-10-11-19-18(14-17)20(24-5)13-16(4)22-19/h10-11,13-15,21H,6-9,12H2,1-5H3. The van der Waals surface area contributed by atoms with Gasteiger partial charge in [-0.2, -0.15) is 0 Å². The second kappa shape index (κ2) is 8.88. The first-order valence-electron chi connectivity index (χ1n) is 9.01. The van der Waals surface area contributed by atoms with Gasteiger partial charge in [0.15, 0.2) is 0 Å². The van der Waals surface area contributed by atoms with Crippen LogP contribution in [-0.4, -0.2) is 42.7 Å². The van der Waals surface area contributed by atoms with Crippen molar-refractivity contribution in [2.45, 2.75) is 46.6 Å². The third-order valence-corrected chi connectivity index (χ3v) is 4.54.